The van der Waals surface area contributed by atoms with Gasteiger partial charge in [0.2, 0.25) is 0 Å². The number of halogens is 2. The lowest BCUT2D eigenvalue weighted by Crippen LogP contribution is -1.97. The zero-order valence-corrected chi connectivity index (χ0v) is 13.3. The van der Waals surface area contributed by atoms with Crippen LogP contribution in [0.25, 0.3) is 0 Å². The predicted octanol–water partition coefficient (Wildman–Crippen LogP) is 4.49. The van der Waals surface area contributed by atoms with E-state index in [1.165, 1.54) is 0 Å². The number of nitrogen functional groups attached to an aromatic ring is 1. The van der Waals surface area contributed by atoms with E-state index >= 15 is 0 Å². The second kappa shape index (κ2) is 6.24. The first-order valence-corrected chi connectivity index (χ1v) is 6.86. The van der Waals surface area contributed by atoms with E-state index < -0.39 is 0 Å². The Kier molecular flexibility index (Phi) is 4.62. The van der Waals surface area contributed by atoms with Crippen molar-refractivity contribution in [1.29, 1.82) is 0 Å². The summed E-state index contributed by atoms with van der Waals surface area (Å²) in [7, 11) is 3.09. The first-order chi connectivity index (χ1) is 9.55. The average Bonchev–Trinajstić information content (AvgIpc) is 2.43. The average molecular weight is 359 g/mol. The molecule has 0 atom stereocenters. The molecule has 0 aromatic heterocycles. The van der Waals surface area contributed by atoms with Crippen LogP contribution in [0.5, 0.6) is 23.0 Å². The van der Waals surface area contributed by atoms with Gasteiger partial charge < -0.3 is 19.9 Å². The number of ether oxygens (including phenoxy) is 3. The minimum Gasteiger partial charge on any atom is -0.493 e. The van der Waals surface area contributed by atoms with Crippen molar-refractivity contribution in [2.45, 2.75) is 0 Å². The lowest BCUT2D eigenvalue weighted by molar-refractivity contribution is 0.352. The lowest BCUT2D eigenvalue weighted by atomic mass is 10.2. The summed E-state index contributed by atoms with van der Waals surface area (Å²) in [6.45, 7) is 0. The highest BCUT2D eigenvalue weighted by molar-refractivity contribution is 9.10. The number of hydrogen-bond acceptors (Lipinski definition) is 4. The van der Waals surface area contributed by atoms with E-state index in [1.54, 1.807) is 38.5 Å². The Morgan fingerprint density at radius 3 is 2.20 bits per heavy atom. The van der Waals surface area contributed by atoms with Gasteiger partial charge in [0.05, 0.1) is 24.9 Å². The van der Waals surface area contributed by atoms with Crippen LogP contribution in [-0.2, 0) is 0 Å². The highest BCUT2D eigenvalue weighted by Crippen LogP contribution is 2.40. The normalized spacial score (nSPS) is 10.2. The minimum absolute atomic E-state index is 0.432. The molecule has 0 aliphatic heterocycles. The molecule has 106 valence electrons. The molecular weight excluding hydrogens is 346 g/mol. The van der Waals surface area contributed by atoms with Crippen LogP contribution >= 0.6 is 27.5 Å². The molecule has 2 aromatic rings. The van der Waals surface area contributed by atoms with Crippen LogP contribution in [0.1, 0.15) is 0 Å². The number of nitrogens with two attached hydrogens (primary N) is 1. The third-order valence-corrected chi connectivity index (χ3v) is 3.42. The molecule has 0 aliphatic rings. The van der Waals surface area contributed by atoms with Gasteiger partial charge in [-0.2, -0.15) is 0 Å². The second-order valence-electron chi connectivity index (χ2n) is 3.92. The van der Waals surface area contributed by atoms with Gasteiger partial charge in [-0.15, -0.1) is 0 Å². The minimum atomic E-state index is 0.432. The molecule has 0 spiro atoms. The lowest BCUT2D eigenvalue weighted by Gasteiger charge is -2.14. The molecule has 0 amide bonds. The summed E-state index contributed by atoms with van der Waals surface area (Å²) in [6.07, 6.45) is 0. The number of hydrogen-bond donors (Lipinski definition) is 1. The molecule has 6 heteroatoms. The zero-order valence-electron chi connectivity index (χ0n) is 10.9. The Morgan fingerprint density at radius 1 is 0.950 bits per heavy atom. The standard InChI is InChI=1S/C14H13BrClNO3/c1-18-13-6-10(17)12(7-14(13)19-2)20-11-4-3-8(15)5-9(11)16/h3-7H,17H2,1-2H3. The number of methoxy groups -OCH3 is 2. The highest BCUT2D eigenvalue weighted by Gasteiger charge is 2.12. The second-order valence-corrected chi connectivity index (χ2v) is 5.24. The first-order valence-electron chi connectivity index (χ1n) is 5.69. The van der Waals surface area contributed by atoms with Crippen LogP contribution in [0.15, 0.2) is 34.8 Å². The van der Waals surface area contributed by atoms with Crippen molar-refractivity contribution in [3.8, 4) is 23.0 Å². The van der Waals surface area contributed by atoms with Crippen molar-refractivity contribution in [2.24, 2.45) is 0 Å². The van der Waals surface area contributed by atoms with E-state index in [2.05, 4.69) is 15.9 Å². The van der Waals surface area contributed by atoms with Crippen LogP contribution in [0.3, 0.4) is 0 Å². The van der Waals surface area contributed by atoms with Crippen molar-refractivity contribution >= 4 is 33.2 Å². The number of anilines is 1. The van der Waals surface area contributed by atoms with Crippen LogP contribution in [-0.4, -0.2) is 14.2 Å². The summed E-state index contributed by atoms with van der Waals surface area (Å²) in [6, 6.07) is 8.63. The van der Waals surface area contributed by atoms with Crippen LogP contribution in [0.4, 0.5) is 5.69 Å². The Balaban J connectivity index is 2.38. The fourth-order valence-corrected chi connectivity index (χ4v) is 2.35. The summed E-state index contributed by atoms with van der Waals surface area (Å²) in [5, 5.41) is 0.480. The van der Waals surface area contributed by atoms with E-state index in [0.717, 1.165) is 4.47 Å². The monoisotopic (exact) mass is 357 g/mol. The van der Waals surface area contributed by atoms with Gasteiger partial charge in [-0.1, -0.05) is 27.5 Å². The fraction of sp³-hybridized carbons (Fsp3) is 0.143. The molecule has 2 aromatic carbocycles. The Labute approximate surface area is 130 Å². The summed E-state index contributed by atoms with van der Waals surface area (Å²) in [5.74, 6) is 2.03. The van der Waals surface area contributed by atoms with Crippen LogP contribution in [0.2, 0.25) is 5.02 Å². The summed E-state index contributed by atoms with van der Waals surface area (Å²) in [4.78, 5) is 0. The Morgan fingerprint density at radius 2 is 1.60 bits per heavy atom. The maximum absolute atomic E-state index is 6.11. The third-order valence-electron chi connectivity index (χ3n) is 2.63. The summed E-state index contributed by atoms with van der Waals surface area (Å²) >= 11 is 9.45. The molecule has 2 rings (SSSR count). The molecule has 0 aliphatic carbocycles. The van der Waals surface area contributed by atoms with E-state index in [9.17, 15) is 0 Å². The van der Waals surface area contributed by atoms with Crippen LogP contribution in [0, 0.1) is 0 Å². The molecule has 0 heterocycles. The van der Waals surface area contributed by atoms with Crippen molar-refractivity contribution in [1.82, 2.24) is 0 Å². The van der Waals surface area contributed by atoms with Gasteiger partial charge in [0.15, 0.2) is 17.2 Å². The van der Waals surface area contributed by atoms with Crippen molar-refractivity contribution in [3.63, 3.8) is 0 Å². The molecule has 0 fully saturated rings. The smallest absolute Gasteiger partial charge is 0.164 e. The van der Waals surface area contributed by atoms with Crippen LogP contribution < -0.4 is 19.9 Å². The molecule has 0 saturated carbocycles. The van der Waals surface area contributed by atoms with E-state index in [0.29, 0.717) is 33.7 Å². The van der Waals surface area contributed by atoms with E-state index in [1.807, 2.05) is 6.07 Å². The summed E-state index contributed by atoms with van der Waals surface area (Å²) < 4.78 is 17.0. The molecule has 0 bridgehead atoms. The Hall–Kier alpha value is -1.59. The van der Waals surface area contributed by atoms with Gasteiger partial charge in [-0.05, 0) is 18.2 Å². The largest absolute Gasteiger partial charge is 0.493 e. The van der Waals surface area contributed by atoms with Gasteiger partial charge in [0, 0.05) is 16.6 Å². The molecule has 20 heavy (non-hydrogen) atoms. The molecule has 0 unspecified atom stereocenters. The van der Waals surface area contributed by atoms with Gasteiger partial charge in [-0.3, -0.25) is 0 Å². The summed E-state index contributed by atoms with van der Waals surface area (Å²) in [5.41, 5.74) is 6.37. The van der Waals surface area contributed by atoms with E-state index in [-0.39, 0.29) is 0 Å². The highest BCUT2D eigenvalue weighted by atomic mass is 79.9. The SMILES string of the molecule is COc1cc(N)c(Oc2ccc(Br)cc2Cl)cc1OC. The molecule has 2 N–H and O–H groups in total. The van der Waals surface area contributed by atoms with Crippen molar-refractivity contribution < 1.29 is 14.2 Å². The molecule has 0 radical (unpaired) electrons. The van der Waals surface area contributed by atoms with Gasteiger partial charge in [0.25, 0.3) is 0 Å². The predicted molar refractivity (Wildman–Crippen MR) is 83.2 cm³/mol. The van der Waals surface area contributed by atoms with Gasteiger partial charge in [-0.25, -0.2) is 0 Å². The zero-order chi connectivity index (χ0) is 14.7. The maximum atomic E-state index is 6.11. The van der Waals surface area contributed by atoms with Gasteiger partial charge in [0.1, 0.15) is 5.75 Å². The molecule has 0 saturated heterocycles. The fourth-order valence-electron chi connectivity index (χ4n) is 1.64. The van der Waals surface area contributed by atoms with Gasteiger partial charge >= 0.3 is 0 Å². The molecule has 4 nitrogen and oxygen atoms in total. The quantitative estimate of drug-likeness (QED) is 0.818. The Bertz CT molecular complexity index is 634. The molecular formula is C14H13BrClNO3. The van der Waals surface area contributed by atoms with E-state index in [4.69, 9.17) is 31.5 Å². The topological polar surface area (TPSA) is 53.7 Å². The van der Waals surface area contributed by atoms with Crippen molar-refractivity contribution in [3.05, 3.63) is 39.8 Å². The first kappa shape index (κ1) is 14.8. The maximum Gasteiger partial charge on any atom is 0.164 e. The number of rotatable bonds is 4. The third kappa shape index (κ3) is 3.11. The van der Waals surface area contributed by atoms with Crippen molar-refractivity contribution in [2.75, 3.05) is 20.0 Å². The number of benzene rings is 2.